The van der Waals surface area contributed by atoms with Crippen molar-refractivity contribution in [2.45, 2.75) is 90.8 Å². The molecular formula is C24H37NO5. The highest BCUT2D eigenvalue weighted by Gasteiger charge is 2.39. The van der Waals surface area contributed by atoms with Gasteiger partial charge in [-0.2, -0.15) is 0 Å². The van der Waals surface area contributed by atoms with Crippen molar-refractivity contribution < 1.29 is 23.8 Å². The summed E-state index contributed by atoms with van der Waals surface area (Å²) >= 11 is 0. The number of hydrogen-bond acceptors (Lipinski definition) is 5. The van der Waals surface area contributed by atoms with Crippen LogP contribution in [0.15, 0.2) is 18.2 Å². The van der Waals surface area contributed by atoms with Crippen molar-refractivity contribution in [1.82, 2.24) is 0 Å². The Morgan fingerprint density at radius 2 is 1.80 bits per heavy atom. The molecule has 6 nitrogen and oxygen atoms in total. The number of esters is 1. The Hall–Kier alpha value is -2.08. The molecule has 30 heavy (non-hydrogen) atoms. The second-order valence-electron chi connectivity index (χ2n) is 7.98. The highest BCUT2D eigenvalue weighted by Crippen LogP contribution is 2.33. The molecule has 168 valence electrons. The lowest BCUT2D eigenvalue weighted by atomic mass is 9.92. The second kappa shape index (κ2) is 11.9. The molecule has 1 aliphatic rings. The number of anilines is 1. The first kappa shape index (κ1) is 24.2. The Bertz CT molecular complexity index is 695. The molecule has 0 spiro atoms. The molecule has 0 aliphatic heterocycles. The van der Waals surface area contributed by atoms with Crippen molar-refractivity contribution in [2.24, 2.45) is 0 Å². The van der Waals surface area contributed by atoms with E-state index in [0.717, 1.165) is 51.4 Å². The number of rotatable bonds is 10. The molecule has 0 heterocycles. The molecule has 1 atom stereocenters. The molecule has 1 aromatic rings. The van der Waals surface area contributed by atoms with E-state index >= 15 is 0 Å². The molecule has 0 bridgehead atoms. The van der Waals surface area contributed by atoms with Gasteiger partial charge < -0.3 is 19.5 Å². The monoisotopic (exact) mass is 419 g/mol. The van der Waals surface area contributed by atoms with Crippen LogP contribution < -0.4 is 10.1 Å². The number of carbonyl (C=O) groups excluding carboxylic acids is 2. The summed E-state index contributed by atoms with van der Waals surface area (Å²) in [5.41, 5.74) is 0.0605. The summed E-state index contributed by atoms with van der Waals surface area (Å²) in [6.07, 6.45) is 7.30. The standard InChI is InChI=1S/C24H37NO5/c1-5-16-29-24(14-10-8-9-11-15-24)23(27)25-19-12-13-21(30-18(4)6-2)20(17-19)22(26)28-7-3/h12-13,17-18H,5-11,14-16H2,1-4H3,(H,25,27)/t18-/m0/s1. The predicted octanol–water partition coefficient (Wildman–Crippen LogP) is 5.50. The largest absolute Gasteiger partial charge is 0.490 e. The van der Waals surface area contributed by atoms with Crippen LogP contribution in [-0.2, 0) is 14.3 Å². The van der Waals surface area contributed by atoms with Crippen molar-refractivity contribution in [2.75, 3.05) is 18.5 Å². The molecule has 0 radical (unpaired) electrons. The van der Waals surface area contributed by atoms with Crippen molar-refractivity contribution >= 4 is 17.6 Å². The third kappa shape index (κ3) is 6.46. The summed E-state index contributed by atoms with van der Waals surface area (Å²) in [7, 11) is 0. The number of benzene rings is 1. The average molecular weight is 420 g/mol. The zero-order chi connectivity index (χ0) is 22.0. The average Bonchev–Trinajstić information content (AvgIpc) is 3.00. The molecule has 6 heteroatoms. The summed E-state index contributed by atoms with van der Waals surface area (Å²) in [5.74, 6) is -0.131. The number of carbonyl (C=O) groups is 2. The fraction of sp³-hybridized carbons (Fsp3) is 0.667. The maximum absolute atomic E-state index is 13.3. The minimum absolute atomic E-state index is 0.0321. The molecule has 1 amide bonds. The first-order chi connectivity index (χ1) is 14.5. The summed E-state index contributed by atoms with van der Waals surface area (Å²) < 4.78 is 17.2. The number of ether oxygens (including phenoxy) is 3. The van der Waals surface area contributed by atoms with E-state index in [4.69, 9.17) is 14.2 Å². The Morgan fingerprint density at radius 1 is 1.10 bits per heavy atom. The smallest absolute Gasteiger partial charge is 0.341 e. The summed E-state index contributed by atoms with van der Waals surface area (Å²) in [6, 6.07) is 5.13. The van der Waals surface area contributed by atoms with Crippen LogP contribution in [0.3, 0.4) is 0 Å². The van der Waals surface area contributed by atoms with Gasteiger partial charge in [-0.05, 0) is 57.7 Å². The van der Waals surface area contributed by atoms with Crippen LogP contribution in [0.2, 0.25) is 0 Å². The maximum atomic E-state index is 13.3. The van der Waals surface area contributed by atoms with Gasteiger partial charge in [-0.3, -0.25) is 4.79 Å². The van der Waals surface area contributed by atoms with Gasteiger partial charge in [0.2, 0.25) is 0 Å². The van der Waals surface area contributed by atoms with Gasteiger partial charge in [-0.25, -0.2) is 4.79 Å². The van der Waals surface area contributed by atoms with Crippen LogP contribution in [0.1, 0.15) is 89.4 Å². The van der Waals surface area contributed by atoms with E-state index in [1.807, 2.05) is 20.8 Å². The highest BCUT2D eigenvalue weighted by atomic mass is 16.5. The van der Waals surface area contributed by atoms with Gasteiger partial charge in [0.1, 0.15) is 16.9 Å². The van der Waals surface area contributed by atoms with Gasteiger partial charge in [0.25, 0.3) is 5.91 Å². The predicted molar refractivity (Wildman–Crippen MR) is 118 cm³/mol. The molecule has 1 N–H and O–H groups in total. The lowest BCUT2D eigenvalue weighted by Gasteiger charge is -2.31. The van der Waals surface area contributed by atoms with Crippen LogP contribution in [0.25, 0.3) is 0 Å². The van der Waals surface area contributed by atoms with Gasteiger partial charge >= 0.3 is 5.97 Å². The zero-order valence-corrected chi connectivity index (χ0v) is 18.9. The molecule has 2 rings (SSSR count). The van der Waals surface area contributed by atoms with Gasteiger partial charge in [0.15, 0.2) is 0 Å². The summed E-state index contributed by atoms with van der Waals surface area (Å²) in [6.45, 7) is 8.61. The third-order valence-corrected chi connectivity index (χ3v) is 5.54. The molecule has 0 saturated heterocycles. The number of hydrogen-bond donors (Lipinski definition) is 1. The van der Waals surface area contributed by atoms with Crippen LogP contribution in [-0.4, -0.2) is 36.8 Å². The molecule has 1 saturated carbocycles. The van der Waals surface area contributed by atoms with E-state index in [9.17, 15) is 9.59 Å². The lowest BCUT2D eigenvalue weighted by Crippen LogP contribution is -2.45. The van der Waals surface area contributed by atoms with E-state index < -0.39 is 11.6 Å². The Kier molecular flexibility index (Phi) is 9.63. The topological polar surface area (TPSA) is 73.9 Å². The summed E-state index contributed by atoms with van der Waals surface area (Å²) in [4.78, 5) is 25.8. The van der Waals surface area contributed by atoms with E-state index in [2.05, 4.69) is 5.32 Å². The van der Waals surface area contributed by atoms with Crippen molar-refractivity contribution in [3.05, 3.63) is 23.8 Å². The number of nitrogens with one attached hydrogen (secondary N) is 1. The molecule has 0 unspecified atom stereocenters. The third-order valence-electron chi connectivity index (χ3n) is 5.54. The van der Waals surface area contributed by atoms with Gasteiger partial charge in [-0.15, -0.1) is 0 Å². The molecule has 1 fully saturated rings. The molecular weight excluding hydrogens is 382 g/mol. The zero-order valence-electron chi connectivity index (χ0n) is 18.9. The SMILES string of the molecule is CCCOC1(C(=O)Nc2ccc(O[C@@H](C)CC)c(C(=O)OCC)c2)CCCCCC1. The van der Waals surface area contributed by atoms with Crippen molar-refractivity contribution in [3.8, 4) is 5.75 Å². The quantitative estimate of drug-likeness (QED) is 0.400. The first-order valence-corrected chi connectivity index (χ1v) is 11.4. The van der Waals surface area contributed by atoms with E-state index in [1.54, 1.807) is 25.1 Å². The molecule has 1 aliphatic carbocycles. The van der Waals surface area contributed by atoms with Crippen LogP contribution in [0, 0.1) is 0 Å². The first-order valence-electron chi connectivity index (χ1n) is 11.4. The van der Waals surface area contributed by atoms with Crippen LogP contribution >= 0.6 is 0 Å². The Morgan fingerprint density at radius 3 is 2.40 bits per heavy atom. The second-order valence-corrected chi connectivity index (χ2v) is 7.98. The Labute approximate surface area is 180 Å². The fourth-order valence-corrected chi connectivity index (χ4v) is 3.66. The van der Waals surface area contributed by atoms with Crippen molar-refractivity contribution in [3.63, 3.8) is 0 Å². The van der Waals surface area contributed by atoms with Crippen LogP contribution in [0.5, 0.6) is 5.75 Å². The van der Waals surface area contributed by atoms with E-state index in [0.29, 0.717) is 23.6 Å². The normalized spacial score (nSPS) is 16.9. The minimum Gasteiger partial charge on any atom is -0.490 e. The van der Waals surface area contributed by atoms with E-state index in [1.165, 1.54) is 0 Å². The highest BCUT2D eigenvalue weighted by molar-refractivity contribution is 5.99. The van der Waals surface area contributed by atoms with Gasteiger partial charge in [0.05, 0.1) is 12.7 Å². The lowest BCUT2D eigenvalue weighted by molar-refractivity contribution is -0.143. The van der Waals surface area contributed by atoms with Crippen LogP contribution in [0.4, 0.5) is 5.69 Å². The number of amides is 1. The Balaban J connectivity index is 2.27. The minimum atomic E-state index is -0.803. The summed E-state index contributed by atoms with van der Waals surface area (Å²) in [5, 5.41) is 2.99. The maximum Gasteiger partial charge on any atom is 0.341 e. The fourth-order valence-electron chi connectivity index (χ4n) is 3.66. The molecule has 1 aromatic carbocycles. The van der Waals surface area contributed by atoms with Crippen molar-refractivity contribution in [1.29, 1.82) is 0 Å². The van der Waals surface area contributed by atoms with E-state index in [-0.39, 0.29) is 18.6 Å². The molecule has 0 aromatic heterocycles. The van der Waals surface area contributed by atoms with Gasteiger partial charge in [-0.1, -0.05) is 39.5 Å². The van der Waals surface area contributed by atoms with Gasteiger partial charge in [0, 0.05) is 12.3 Å².